The second kappa shape index (κ2) is 6.05. The molecule has 6 nitrogen and oxygen atoms in total. The molecular formula is C15H21N5O. The number of benzene rings is 1. The lowest BCUT2D eigenvalue weighted by Crippen LogP contribution is -2.22. The van der Waals surface area contributed by atoms with Crippen LogP contribution in [0.25, 0.3) is 11.4 Å². The molecule has 1 unspecified atom stereocenters. The van der Waals surface area contributed by atoms with E-state index in [9.17, 15) is 4.79 Å². The number of H-pyrrole nitrogens is 1. The van der Waals surface area contributed by atoms with Gasteiger partial charge in [-0.1, -0.05) is 24.3 Å². The summed E-state index contributed by atoms with van der Waals surface area (Å²) in [5.74, 6) is 0.594. The average Bonchev–Trinajstić information content (AvgIpc) is 2.95. The minimum atomic E-state index is -0.188. The third kappa shape index (κ3) is 3.28. The first kappa shape index (κ1) is 15.2. The molecule has 2 aromatic rings. The van der Waals surface area contributed by atoms with Crippen LogP contribution in [0.4, 0.5) is 0 Å². The Kier molecular flexibility index (Phi) is 4.37. The Morgan fingerprint density at radius 3 is 2.29 bits per heavy atom. The van der Waals surface area contributed by atoms with Crippen LogP contribution in [0.2, 0.25) is 0 Å². The van der Waals surface area contributed by atoms with Crippen molar-refractivity contribution in [3.63, 3.8) is 0 Å². The van der Waals surface area contributed by atoms with Crippen molar-refractivity contribution in [3.8, 4) is 11.4 Å². The lowest BCUT2D eigenvalue weighted by atomic mass is 10.1. The van der Waals surface area contributed by atoms with Gasteiger partial charge in [0.2, 0.25) is 5.82 Å². The Balaban J connectivity index is 2.22. The van der Waals surface area contributed by atoms with Crippen molar-refractivity contribution < 1.29 is 4.79 Å². The number of aromatic amines is 1. The summed E-state index contributed by atoms with van der Waals surface area (Å²) in [6.45, 7) is 2.15. The van der Waals surface area contributed by atoms with Crippen molar-refractivity contribution in [1.82, 2.24) is 25.0 Å². The largest absolute Gasteiger partial charge is 0.342 e. The van der Waals surface area contributed by atoms with E-state index in [2.05, 4.69) is 39.1 Å². The summed E-state index contributed by atoms with van der Waals surface area (Å²) in [6, 6.07) is 8.41. The fraction of sp³-hybridized carbons (Fsp3) is 0.400. The van der Waals surface area contributed by atoms with E-state index in [4.69, 9.17) is 0 Å². The summed E-state index contributed by atoms with van der Waals surface area (Å²) in [7, 11) is 7.46. The Morgan fingerprint density at radius 2 is 1.76 bits per heavy atom. The fourth-order valence-corrected chi connectivity index (χ4v) is 1.91. The van der Waals surface area contributed by atoms with Gasteiger partial charge in [0.15, 0.2) is 5.82 Å². The number of nitrogens with one attached hydrogen (secondary N) is 1. The van der Waals surface area contributed by atoms with Crippen molar-refractivity contribution >= 4 is 5.91 Å². The van der Waals surface area contributed by atoms with E-state index in [1.54, 1.807) is 14.1 Å². The third-order valence-electron chi connectivity index (χ3n) is 3.52. The number of nitrogens with zero attached hydrogens (tertiary/aromatic N) is 4. The van der Waals surface area contributed by atoms with Crippen molar-refractivity contribution in [2.24, 2.45) is 0 Å². The molecule has 21 heavy (non-hydrogen) atoms. The molecule has 0 bridgehead atoms. The zero-order chi connectivity index (χ0) is 15.6. The fourth-order valence-electron chi connectivity index (χ4n) is 1.91. The van der Waals surface area contributed by atoms with E-state index >= 15 is 0 Å². The van der Waals surface area contributed by atoms with Gasteiger partial charge < -0.3 is 9.80 Å². The van der Waals surface area contributed by atoms with Crippen LogP contribution in [0.3, 0.4) is 0 Å². The number of carbonyl (C=O) groups is 1. The second-order valence-electron chi connectivity index (χ2n) is 5.47. The van der Waals surface area contributed by atoms with E-state index in [-0.39, 0.29) is 11.7 Å². The molecule has 1 N–H and O–H groups in total. The van der Waals surface area contributed by atoms with E-state index in [0.29, 0.717) is 11.9 Å². The summed E-state index contributed by atoms with van der Waals surface area (Å²) in [6.07, 6.45) is 0. The molecule has 1 atom stereocenters. The highest BCUT2D eigenvalue weighted by atomic mass is 16.2. The van der Waals surface area contributed by atoms with Gasteiger partial charge in [0.05, 0.1) is 0 Å². The van der Waals surface area contributed by atoms with Gasteiger partial charge in [-0.2, -0.15) is 5.10 Å². The highest BCUT2D eigenvalue weighted by Crippen LogP contribution is 2.21. The first-order valence-electron chi connectivity index (χ1n) is 6.81. The topological polar surface area (TPSA) is 65.1 Å². The molecule has 1 aromatic heterocycles. The Hall–Kier alpha value is -2.21. The lowest BCUT2D eigenvalue weighted by Gasteiger charge is -2.20. The minimum Gasteiger partial charge on any atom is -0.342 e. The maximum absolute atomic E-state index is 11.8. The van der Waals surface area contributed by atoms with Gasteiger partial charge in [-0.15, -0.1) is 0 Å². The van der Waals surface area contributed by atoms with Gasteiger partial charge in [0.1, 0.15) is 0 Å². The molecule has 1 aromatic carbocycles. The van der Waals surface area contributed by atoms with Crippen LogP contribution in [-0.2, 0) is 0 Å². The summed E-state index contributed by atoms with van der Waals surface area (Å²) in [4.78, 5) is 19.7. The molecule has 0 aliphatic rings. The van der Waals surface area contributed by atoms with Crippen molar-refractivity contribution in [2.45, 2.75) is 13.0 Å². The molecule has 0 spiro atoms. The quantitative estimate of drug-likeness (QED) is 0.931. The van der Waals surface area contributed by atoms with Crippen molar-refractivity contribution in [1.29, 1.82) is 0 Å². The molecule has 0 aliphatic carbocycles. The first-order chi connectivity index (χ1) is 9.90. The molecule has 0 saturated heterocycles. The molecule has 0 aliphatic heterocycles. The standard InChI is InChI=1S/C15H21N5O/c1-10(19(2)3)11-6-8-12(9-7-11)13-16-14(18-17-13)15(21)20(4)5/h6-10H,1-5H3,(H,16,17,18). The molecule has 0 fully saturated rings. The maximum Gasteiger partial charge on any atom is 0.290 e. The van der Waals surface area contributed by atoms with Gasteiger partial charge >= 0.3 is 0 Å². The Labute approximate surface area is 124 Å². The third-order valence-corrected chi connectivity index (χ3v) is 3.52. The van der Waals surface area contributed by atoms with E-state index in [0.717, 1.165) is 5.56 Å². The smallest absolute Gasteiger partial charge is 0.290 e. The van der Waals surface area contributed by atoms with Crippen LogP contribution in [0.15, 0.2) is 24.3 Å². The van der Waals surface area contributed by atoms with Crippen LogP contribution >= 0.6 is 0 Å². The first-order valence-corrected chi connectivity index (χ1v) is 6.81. The van der Waals surface area contributed by atoms with E-state index in [1.165, 1.54) is 10.5 Å². The van der Waals surface area contributed by atoms with Crippen LogP contribution in [0.1, 0.15) is 29.1 Å². The highest BCUT2D eigenvalue weighted by Gasteiger charge is 2.15. The number of hydrogen-bond acceptors (Lipinski definition) is 4. The molecular weight excluding hydrogens is 266 g/mol. The number of aromatic nitrogens is 3. The summed E-state index contributed by atoms with van der Waals surface area (Å²) in [5, 5.41) is 6.79. The molecule has 1 heterocycles. The highest BCUT2D eigenvalue weighted by molar-refractivity contribution is 5.90. The zero-order valence-electron chi connectivity index (χ0n) is 13.1. The minimum absolute atomic E-state index is 0.188. The lowest BCUT2D eigenvalue weighted by molar-refractivity contribution is 0.0816. The monoisotopic (exact) mass is 287 g/mol. The van der Waals surface area contributed by atoms with Gasteiger partial charge in [0, 0.05) is 25.7 Å². The van der Waals surface area contributed by atoms with Gasteiger partial charge in [-0.05, 0) is 26.6 Å². The average molecular weight is 287 g/mol. The van der Waals surface area contributed by atoms with E-state index in [1.807, 2.05) is 26.2 Å². The van der Waals surface area contributed by atoms with E-state index < -0.39 is 0 Å². The van der Waals surface area contributed by atoms with Gasteiger partial charge in [0.25, 0.3) is 5.91 Å². The van der Waals surface area contributed by atoms with Gasteiger partial charge in [-0.3, -0.25) is 9.89 Å². The molecule has 0 saturated carbocycles. The molecule has 112 valence electrons. The van der Waals surface area contributed by atoms with Crippen molar-refractivity contribution in [2.75, 3.05) is 28.2 Å². The SMILES string of the molecule is CC(c1ccc(-c2n[nH]c(C(=O)N(C)C)n2)cc1)N(C)C. The maximum atomic E-state index is 11.8. The van der Waals surface area contributed by atoms with Crippen LogP contribution < -0.4 is 0 Å². The Morgan fingerprint density at radius 1 is 1.14 bits per heavy atom. The molecule has 2 rings (SSSR count). The summed E-state index contributed by atoms with van der Waals surface area (Å²) < 4.78 is 0. The van der Waals surface area contributed by atoms with Crippen LogP contribution in [-0.4, -0.2) is 59.1 Å². The van der Waals surface area contributed by atoms with Crippen LogP contribution in [0.5, 0.6) is 0 Å². The predicted molar refractivity (Wildman–Crippen MR) is 81.9 cm³/mol. The predicted octanol–water partition coefficient (Wildman–Crippen LogP) is 1.80. The molecule has 6 heteroatoms. The zero-order valence-corrected chi connectivity index (χ0v) is 13.1. The number of carbonyl (C=O) groups excluding carboxylic acids is 1. The molecule has 1 amide bonds. The Bertz CT molecular complexity index is 615. The summed E-state index contributed by atoms with van der Waals surface area (Å²) >= 11 is 0. The molecule has 0 radical (unpaired) electrons. The number of rotatable bonds is 4. The number of amides is 1. The van der Waals surface area contributed by atoms with Gasteiger partial charge in [-0.25, -0.2) is 4.98 Å². The van der Waals surface area contributed by atoms with Crippen molar-refractivity contribution in [3.05, 3.63) is 35.7 Å². The summed E-state index contributed by atoms with van der Waals surface area (Å²) in [5.41, 5.74) is 2.11. The number of hydrogen-bond donors (Lipinski definition) is 1. The second-order valence-corrected chi connectivity index (χ2v) is 5.47. The normalized spacial score (nSPS) is 12.5. The van der Waals surface area contributed by atoms with Crippen LogP contribution in [0, 0.1) is 0 Å².